The lowest BCUT2D eigenvalue weighted by Gasteiger charge is -2.21. The lowest BCUT2D eigenvalue weighted by molar-refractivity contribution is 0.0510. The molecular weight excluding hydrogens is 396 g/mol. The highest BCUT2D eigenvalue weighted by Gasteiger charge is 2.22. The summed E-state index contributed by atoms with van der Waals surface area (Å²) in [6.45, 7) is 3.78. The van der Waals surface area contributed by atoms with E-state index in [4.69, 9.17) is 9.47 Å². The fourth-order valence-electron chi connectivity index (χ4n) is 3.15. The topological polar surface area (TPSA) is 88.2 Å². The molecule has 0 aliphatic heterocycles. The van der Waals surface area contributed by atoms with Crippen molar-refractivity contribution in [1.29, 1.82) is 0 Å². The highest BCUT2D eigenvalue weighted by Crippen LogP contribution is 2.26. The molecule has 2 unspecified atom stereocenters. The van der Waals surface area contributed by atoms with Crippen molar-refractivity contribution in [2.45, 2.75) is 32.7 Å². The number of aryl methyl sites for hydroxylation is 1. The van der Waals surface area contributed by atoms with Crippen LogP contribution in [0.2, 0.25) is 0 Å². The van der Waals surface area contributed by atoms with E-state index >= 15 is 0 Å². The molecule has 3 rings (SSSR count). The Morgan fingerprint density at radius 2 is 1.93 bits per heavy atom. The number of aliphatic hydroxyl groups excluding tert-OH is 2. The Kier molecular flexibility index (Phi) is 7.33. The Labute approximate surface area is 172 Å². The second-order valence-corrected chi connectivity index (χ2v) is 6.75. The van der Waals surface area contributed by atoms with Gasteiger partial charge in [-0.1, -0.05) is 6.07 Å². The second-order valence-electron chi connectivity index (χ2n) is 6.75. The van der Waals surface area contributed by atoms with Gasteiger partial charge >= 0.3 is 0 Å². The summed E-state index contributed by atoms with van der Waals surface area (Å²) in [7, 11) is 0. The van der Waals surface area contributed by atoms with Crippen molar-refractivity contribution >= 4 is 5.65 Å². The third-order valence-corrected chi connectivity index (χ3v) is 4.66. The van der Waals surface area contributed by atoms with Gasteiger partial charge in [-0.15, -0.1) is 0 Å². The van der Waals surface area contributed by atoms with Crippen molar-refractivity contribution in [3.8, 4) is 5.75 Å². The van der Waals surface area contributed by atoms with Gasteiger partial charge in [-0.25, -0.2) is 13.8 Å². The van der Waals surface area contributed by atoms with Gasteiger partial charge in [0, 0.05) is 12.8 Å². The van der Waals surface area contributed by atoms with Crippen molar-refractivity contribution in [3.05, 3.63) is 65.1 Å². The molecule has 0 spiro atoms. The van der Waals surface area contributed by atoms with E-state index in [1.165, 1.54) is 18.2 Å². The molecule has 3 aromatic rings. The minimum absolute atomic E-state index is 0.175. The number of ether oxygens (including phenoxy) is 2. The lowest BCUT2D eigenvalue weighted by atomic mass is 10.2. The Bertz CT molecular complexity index is 976. The number of pyridine rings is 1. The predicted octanol–water partition coefficient (Wildman–Crippen LogP) is 2.48. The van der Waals surface area contributed by atoms with Crippen LogP contribution in [0.1, 0.15) is 30.1 Å². The van der Waals surface area contributed by atoms with Crippen LogP contribution in [-0.2, 0) is 11.3 Å². The van der Waals surface area contributed by atoms with Crippen LogP contribution in [0, 0.1) is 18.6 Å². The van der Waals surface area contributed by atoms with Crippen LogP contribution in [0.25, 0.3) is 5.65 Å². The monoisotopic (exact) mass is 421 g/mol. The molecule has 7 nitrogen and oxygen atoms in total. The van der Waals surface area contributed by atoms with Crippen molar-refractivity contribution < 1.29 is 28.5 Å². The molecule has 0 saturated heterocycles. The number of benzene rings is 1. The van der Waals surface area contributed by atoms with Gasteiger partial charge in [0.25, 0.3) is 0 Å². The Morgan fingerprint density at radius 3 is 2.60 bits per heavy atom. The second kappa shape index (κ2) is 9.94. The van der Waals surface area contributed by atoms with Gasteiger partial charge in [-0.2, -0.15) is 0 Å². The number of aromatic nitrogens is 2. The molecule has 0 radical (unpaired) electrons. The van der Waals surface area contributed by atoms with Crippen LogP contribution in [0.4, 0.5) is 8.78 Å². The summed E-state index contributed by atoms with van der Waals surface area (Å²) in [5, 5.41) is 23.1. The predicted molar refractivity (Wildman–Crippen MR) is 106 cm³/mol. The van der Waals surface area contributed by atoms with Crippen molar-refractivity contribution in [3.63, 3.8) is 0 Å². The zero-order valence-corrected chi connectivity index (χ0v) is 16.8. The number of nitrogens with zero attached hydrogens (tertiary/aromatic N) is 2. The van der Waals surface area contributed by atoms with E-state index in [1.807, 2.05) is 6.92 Å². The number of hydrogen-bond donors (Lipinski definition) is 3. The van der Waals surface area contributed by atoms with E-state index in [2.05, 4.69) is 10.3 Å². The molecule has 0 fully saturated rings. The number of halogens is 2. The maximum atomic E-state index is 13.9. The summed E-state index contributed by atoms with van der Waals surface area (Å²) in [6.07, 6.45) is 0.569. The van der Waals surface area contributed by atoms with E-state index in [0.29, 0.717) is 29.4 Å². The van der Waals surface area contributed by atoms with E-state index < -0.39 is 23.9 Å². The molecule has 2 atom stereocenters. The SMILES string of the molecule is CCOCC(CO)NC(O)c1c(C)nc2c(OCc3c(F)cccc3F)cccn12. The van der Waals surface area contributed by atoms with Crippen molar-refractivity contribution in [2.24, 2.45) is 0 Å². The molecule has 30 heavy (non-hydrogen) atoms. The number of hydrogen-bond acceptors (Lipinski definition) is 6. The first kappa shape index (κ1) is 22.1. The van der Waals surface area contributed by atoms with Gasteiger partial charge in [-0.3, -0.25) is 9.72 Å². The van der Waals surface area contributed by atoms with Crippen LogP contribution >= 0.6 is 0 Å². The molecule has 0 saturated carbocycles. The van der Waals surface area contributed by atoms with E-state index in [1.54, 1.807) is 29.7 Å². The summed E-state index contributed by atoms with van der Waals surface area (Å²) in [4.78, 5) is 4.44. The quantitative estimate of drug-likeness (QED) is 0.436. The van der Waals surface area contributed by atoms with Gasteiger partial charge < -0.3 is 19.7 Å². The number of imidazole rings is 1. The highest BCUT2D eigenvalue weighted by molar-refractivity contribution is 5.56. The zero-order chi connectivity index (χ0) is 21.7. The average molecular weight is 421 g/mol. The first-order chi connectivity index (χ1) is 14.5. The molecule has 0 bridgehead atoms. The number of aliphatic hydroxyl groups is 2. The molecule has 162 valence electrons. The molecule has 2 aromatic heterocycles. The van der Waals surface area contributed by atoms with Crippen molar-refractivity contribution in [1.82, 2.24) is 14.7 Å². The summed E-state index contributed by atoms with van der Waals surface area (Å²) < 4.78 is 40.3. The lowest BCUT2D eigenvalue weighted by Crippen LogP contribution is -2.39. The Hall–Kier alpha value is -2.59. The molecule has 0 aliphatic carbocycles. The largest absolute Gasteiger partial charge is 0.485 e. The fraction of sp³-hybridized carbons (Fsp3) is 0.381. The standard InChI is InChI=1S/C21H25F2N3O4/c1-3-29-11-14(10-27)25-21(28)19-13(2)24-20-18(8-5-9-26(19)20)30-12-15-16(22)6-4-7-17(15)23/h4-9,14,21,25,27-28H,3,10-12H2,1-2H3. The van der Waals surface area contributed by atoms with Crippen LogP contribution in [-0.4, -0.2) is 45.5 Å². The van der Waals surface area contributed by atoms with Crippen LogP contribution in [0.15, 0.2) is 36.5 Å². The summed E-state index contributed by atoms with van der Waals surface area (Å²) >= 11 is 0. The minimum atomic E-state index is -1.13. The fourth-order valence-corrected chi connectivity index (χ4v) is 3.15. The summed E-state index contributed by atoms with van der Waals surface area (Å²) in [5.41, 5.74) is 1.22. The highest BCUT2D eigenvalue weighted by atomic mass is 19.1. The van der Waals surface area contributed by atoms with Gasteiger partial charge in [0.05, 0.1) is 36.2 Å². The summed E-state index contributed by atoms with van der Waals surface area (Å²) in [5.74, 6) is -1.06. The third-order valence-electron chi connectivity index (χ3n) is 4.66. The molecule has 0 aliphatic rings. The minimum Gasteiger partial charge on any atom is -0.485 e. The van der Waals surface area contributed by atoms with E-state index in [9.17, 15) is 19.0 Å². The maximum Gasteiger partial charge on any atom is 0.180 e. The maximum absolute atomic E-state index is 13.9. The van der Waals surface area contributed by atoms with Crippen LogP contribution < -0.4 is 10.1 Å². The molecule has 3 N–H and O–H groups in total. The Balaban J connectivity index is 1.84. The van der Waals surface area contributed by atoms with Gasteiger partial charge in [0.2, 0.25) is 0 Å². The van der Waals surface area contributed by atoms with Gasteiger partial charge in [0.15, 0.2) is 11.4 Å². The molecule has 2 heterocycles. The Morgan fingerprint density at radius 1 is 1.20 bits per heavy atom. The average Bonchev–Trinajstić information content (AvgIpc) is 3.07. The molecule has 9 heteroatoms. The van der Waals surface area contributed by atoms with Gasteiger partial charge in [-0.05, 0) is 38.1 Å². The zero-order valence-electron chi connectivity index (χ0n) is 16.8. The van der Waals surface area contributed by atoms with Crippen LogP contribution in [0.3, 0.4) is 0 Å². The van der Waals surface area contributed by atoms with Crippen LogP contribution in [0.5, 0.6) is 5.75 Å². The third kappa shape index (κ3) is 4.76. The first-order valence-corrected chi connectivity index (χ1v) is 9.62. The number of rotatable bonds is 10. The number of fused-ring (bicyclic) bond motifs is 1. The number of nitrogens with one attached hydrogen (secondary N) is 1. The van der Waals surface area contributed by atoms with E-state index in [0.717, 1.165) is 0 Å². The molecule has 0 amide bonds. The summed E-state index contributed by atoms with van der Waals surface area (Å²) in [6, 6.07) is 6.48. The normalized spacial score (nSPS) is 13.5. The van der Waals surface area contributed by atoms with Crippen molar-refractivity contribution in [2.75, 3.05) is 19.8 Å². The van der Waals surface area contributed by atoms with E-state index in [-0.39, 0.29) is 25.4 Å². The molecular formula is C21H25F2N3O4. The molecule has 1 aromatic carbocycles. The smallest absolute Gasteiger partial charge is 0.180 e. The first-order valence-electron chi connectivity index (χ1n) is 9.62. The van der Waals surface area contributed by atoms with Gasteiger partial charge in [0.1, 0.15) is 24.5 Å².